The summed E-state index contributed by atoms with van der Waals surface area (Å²) in [6.45, 7) is 6.34. The van der Waals surface area contributed by atoms with Gasteiger partial charge in [0.25, 0.3) is 0 Å². The number of nitrogens with zero attached hydrogens (tertiary/aromatic N) is 3. The molecule has 2 unspecified atom stereocenters. The highest BCUT2D eigenvalue weighted by molar-refractivity contribution is 14.1. The SMILES string of the molecule is CC1CNc2ncnc(N3CCC(CNI)(CC4=CCC(Cl)C=C4)CC3)c21. The van der Waals surface area contributed by atoms with Crippen molar-refractivity contribution in [3.8, 4) is 0 Å². The molecule has 1 saturated heterocycles. The number of alkyl halides is 1. The minimum absolute atomic E-state index is 0.157. The first-order valence-electron chi connectivity index (χ1n) is 9.79. The summed E-state index contributed by atoms with van der Waals surface area (Å²) in [6, 6.07) is 0. The van der Waals surface area contributed by atoms with E-state index in [9.17, 15) is 0 Å². The summed E-state index contributed by atoms with van der Waals surface area (Å²) in [5.74, 6) is 2.63. The van der Waals surface area contributed by atoms with Gasteiger partial charge in [-0.2, -0.15) is 0 Å². The van der Waals surface area contributed by atoms with Gasteiger partial charge in [-0.15, -0.1) is 11.6 Å². The number of aromatic nitrogens is 2. The Morgan fingerprint density at radius 3 is 2.89 bits per heavy atom. The molecule has 2 atom stereocenters. The van der Waals surface area contributed by atoms with Gasteiger partial charge in [-0.25, -0.2) is 9.97 Å². The third-order valence-electron chi connectivity index (χ3n) is 6.20. The number of fused-ring (bicyclic) bond motifs is 1. The maximum absolute atomic E-state index is 6.20. The molecule has 1 aromatic rings. The molecule has 4 rings (SSSR count). The van der Waals surface area contributed by atoms with Crippen molar-refractivity contribution >= 4 is 46.1 Å². The van der Waals surface area contributed by atoms with Gasteiger partial charge in [0.15, 0.2) is 0 Å². The molecule has 0 aromatic carbocycles. The first-order chi connectivity index (χ1) is 13.1. The van der Waals surface area contributed by atoms with Crippen molar-refractivity contribution in [2.75, 3.05) is 36.4 Å². The topological polar surface area (TPSA) is 53.1 Å². The van der Waals surface area contributed by atoms with E-state index in [-0.39, 0.29) is 5.38 Å². The van der Waals surface area contributed by atoms with Gasteiger partial charge in [-0.05, 0) is 31.1 Å². The van der Waals surface area contributed by atoms with Crippen molar-refractivity contribution in [2.45, 2.75) is 43.9 Å². The predicted octanol–water partition coefficient (Wildman–Crippen LogP) is 4.42. The first-order valence-corrected chi connectivity index (χ1v) is 11.3. The summed E-state index contributed by atoms with van der Waals surface area (Å²) in [5, 5.41) is 3.57. The second kappa shape index (κ2) is 8.25. The van der Waals surface area contributed by atoms with Crippen LogP contribution in [-0.2, 0) is 0 Å². The molecule has 0 bridgehead atoms. The molecule has 0 saturated carbocycles. The van der Waals surface area contributed by atoms with E-state index < -0.39 is 0 Å². The molecular formula is C20H27ClIN5. The summed E-state index contributed by atoms with van der Waals surface area (Å²) in [7, 11) is 0. The quantitative estimate of drug-likeness (QED) is 0.357. The third-order valence-corrected chi connectivity index (χ3v) is 6.91. The molecule has 0 spiro atoms. The molecular weight excluding hydrogens is 473 g/mol. The maximum atomic E-state index is 6.20. The van der Waals surface area contributed by atoms with E-state index in [1.807, 2.05) is 0 Å². The number of anilines is 2. The molecule has 3 heterocycles. The normalized spacial score (nSPS) is 26.5. The zero-order chi connectivity index (χ0) is 18.9. The van der Waals surface area contributed by atoms with Crippen LogP contribution in [0.4, 0.5) is 11.6 Å². The van der Waals surface area contributed by atoms with Gasteiger partial charge in [0.2, 0.25) is 0 Å². The van der Waals surface area contributed by atoms with Crippen LogP contribution in [0.1, 0.15) is 44.1 Å². The Balaban J connectivity index is 1.48. The van der Waals surface area contributed by atoms with Gasteiger partial charge in [-0.3, -0.25) is 3.53 Å². The van der Waals surface area contributed by atoms with Crippen molar-refractivity contribution in [1.29, 1.82) is 0 Å². The average Bonchev–Trinajstić information content (AvgIpc) is 3.06. The zero-order valence-corrected chi connectivity index (χ0v) is 18.6. The van der Waals surface area contributed by atoms with Gasteiger partial charge in [0.05, 0.1) is 5.38 Å². The molecule has 3 aliphatic rings. The van der Waals surface area contributed by atoms with Crippen LogP contribution in [0.15, 0.2) is 30.1 Å². The van der Waals surface area contributed by atoms with Crippen molar-refractivity contribution in [1.82, 2.24) is 13.5 Å². The zero-order valence-electron chi connectivity index (χ0n) is 15.7. The number of allylic oxidation sites excluding steroid dienone is 4. The third kappa shape index (κ3) is 4.12. The van der Waals surface area contributed by atoms with E-state index in [2.05, 4.69) is 71.7 Å². The van der Waals surface area contributed by atoms with Crippen LogP contribution >= 0.6 is 34.5 Å². The fourth-order valence-electron chi connectivity index (χ4n) is 4.54. The van der Waals surface area contributed by atoms with Crippen LogP contribution in [0.2, 0.25) is 0 Å². The summed E-state index contributed by atoms with van der Waals surface area (Å²) >= 11 is 8.49. The van der Waals surface area contributed by atoms with Crippen LogP contribution in [0.25, 0.3) is 0 Å². The molecule has 0 amide bonds. The molecule has 2 aliphatic heterocycles. The lowest BCUT2D eigenvalue weighted by Crippen LogP contribution is -2.44. The fourth-order valence-corrected chi connectivity index (χ4v) is 5.51. The van der Waals surface area contributed by atoms with Crippen molar-refractivity contribution in [2.24, 2.45) is 5.41 Å². The summed E-state index contributed by atoms with van der Waals surface area (Å²) < 4.78 is 3.42. The molecule has 2 N–H and O–H groups in total. The Bertz CT molecular complexity index is 742. The van der Waals surface area contributed by atoms with Crippen LogP contribution in [0.5, 0.6) is 0 Å². The lowest BCUT2D eigenvalue weighted by atomic mass is 9.73. The molecule has 1 fully saturated rings. The Morgan fingerprint density at radius 1 is 1.37 bits per heavy atom. The highest BCUT2D eigenvalue weighted by Crippen LogP contribution is 2.42. The Labute approximate surface area is 180 Å². The lowest BCUT2D eigenvalue weighted by Gasteiger charge is -2.43. The van der Waals surface area contributed by atoms with Gasteiger partial charge in [0.1, 0.15) is 18.0 Å². The molecule has 5 nitrogen and oxygen atoms in total. The lowest BCUT2D eigenvalue weighted by molar-refractivity contribution is 0.222. The van der Waals surface area contributed by atoms with Gasteiger partial charge < -0.3 is 10.2 Å². The number of piperidine rings is 1. The smallest absolute Gasteiger partial charge is 0.137 e. The minimum Gasteiger partial charge on any atom is -0.369 e. The van der Waals surface area contributed by atoms with E-state index in [4.69, 9.17) is 11.6 Å². The minimum atomic E-state index is 0.157. The summed E-state index contributed by atoms with van der Waals surface area (Å²) in [6.07, 6.45) is 12.8. The Morgan fingerprint density at radius 2 is 2.19 bits per heavy atom. The van der Waals surface area contributed by atoms with Gasteiger partial charge in [0, 0.05) is 60.5 Å². The fraction of sp³-hybridized carbons (Fsp3) is 0.600. The van der Waals surface area contributed by atoms with E-state index in [0.717, 1.165) is 50.7 Å². The van der Waals surface area contributed by atoms with Gasteiger partial charge in [-0.1, -0.05) is 30.7 Å². The number of hydrogen-bond acceptors (Lipinski definition) is 5. The predicted molar refractivity (Wildman–Crippen MR) is 121 cm³/mol. The summed E-state index contributed by atoms with van der Waals surface area (Å²) in [5.41, 5.74) is 3.03. The van der Waals surface area contributed by atoms with Crippen LogP contribution in [0.3, 0.4) is 0 Å². The average molecular weight is 500 g/mol. The van der Waals surface area contributed by atoms with Crippen molar-refractivity contribution in [3.05, 3.63) is 35.7 Å². The molecule has 0 radical (unpaired) electrons. The van der Waals surface area contributed by atoms with E-state index in [0.29, 0.717) is 11.3 Å². The number of halogens is 2. The highest BCUT2D eigenvalue weighted by atomic mass is 127. The first kappa shape index (κ1) is 19.5. The molecule has 27 heavy (non-hydrogen) atoms. The molecule has 1 aromatic heterocycles. The van der Waals surface area contributed by atoms with E-state index in [1.54, 1.807) is 6.33 Å². The van der Waals surface area contributed by atoms with Crippen LogP contribution in [0, 0.1) is 5.41 Å². The van der Waals surface area contributed by atoms with E-state index >= 15 is 0 Å². The molecule has 1 aliphatic carbocycles. The van der Waals surface area contributed by atoms with Crippen molar-refractivity contribution in [3.63, 3.8) is 0 Å². The van der Waals surface area contributed by atoms with Crippen LogP contribution < -0.4 is 13.7 Å². The molecule has 146 valence electrons. The monoisotopic (exact) mass is 499 g/mol. The standard InChI is InChI=1S/C20H27ClIN5/c1-14-11-23-18-17(14)19(25-13-24-18)27-8-6-20(7-9-27,12-26-22)10-15-2-4-16(21)5-3-15/h2-4,13-14,16,26H,5-12H2,1H3,(H,23,24,25). The van der Waals surface area contributed by atoms with Crippen LogP contribution in [-0.4, -0.2) is 41.5 Å². The number of hydrogen-bond donors (Lipinski definition) is 2. The Hall–Kier alpha value is -0.860. The summed E-state index contributed by atoms with van der Waals surface area (Å²) in [4.78, 5) is 11.6. The Kier molecular flexibility index (Phi) is 5.94. The number of rotatable bonds is 5. The second-order valence-electron chi connectivity index (χ2n) is 8.11. The largest absolute Gasteiger partial charge is 0.369 e. The highest BCUT2D eigenvalue weighted by Gasteiger charge is 2.37. The maximum Gasteiger partial charge on any atom is 0.137 e. The van der Waals surface area contributed by atoms with Crippen molar-refractivity contribution < 1.29 is 0 Å². The van der Waals surface area contributed by atoms with E-state index in [1.165, 1.54) is 24.0 Å². The van der Waals surface area contributed by atoms with Gasteiger partial charge >= 0.3 is 0 Å². The molecule has 7 heteroatoms. The second-order valence-corrected chi connectivity index (χ2v) is 9.43. The number of nitrogens with one attached hydrogen (secondary N) is 2.